The van der Waals surface area contributed by atoms with E-state index in [-0.39, 0.29) is 41.1 Å². The van der Waals surface area contributed by atoms with Crippen LogP contribution in [0.3, 0.4) is 0 Å². The van der Waals surface area contributed by atoms with Gasteiger partial charge in [0.15, 0.2) is 11.6 Å². The quantitative estimate of drug-likeness (QED) is 0.105. The topological polar surface area (TPSA) is 174 Å². The number of aromatic nitrogens is 6. The second-order valence-electron chi connectivity index (χ2n) is 11.0. The molecule has 0 saturated carbocycles. The molecule has 0 spiro atoms. The molecule has 4 rings (SSSR count). The Morgan fingerprint density at radius 1 is 0.627 bits per heavy atom. The molecule has 51 heavy (non-hydrogen) atoms. The van der Waals surface area contributed by atoms with E-state index in [0.29, 0.717) is 0 Å². The van der Waals surface area contributed by atoms with Gasteiger partial charge in [0, 0.05) is 6.92 Å². The number of nitrogen functional groups attached to an aromatic ring is 1. The van der Waals surface area contributed by atoms with E-state index in [0.717, 1.165) is 25.0 Å². The summed E-state index contributed by atoms with van der Waals surface area (Å²) in [5.74, 6) is -5.55. The molecule has 2 aromatic carbocycles. The van der Waals surface area contributed by atoms with Crippen LogP contribution >= 0.6 is 0 Å². The van der Waals surface area contributed by atoms with Crippen LogP contribution in [0.2, 0.25) is 0 Å². The zero-order valence-corrected chi connectivity index (χ0v) is 29.2. The first-order chi connectivity index (χ1) is 23.7. The highest BCUT2D eigenvalue weighted by Crippen LogP contribution is 2.34. The number of hydrogen-bond donors (Lipinski definition) is 4. The first-order valence-electron chi connectivity index (χ1n) is 15.2. The maximum Gasteiger partial charge on any atom is 0.398 e. The predicted octanol–water partition coefficient (Wildman–Crippen LogP) is 6.78. The number of halogens is 7. The zero-order chi connectivity index (χ0) is 38.5. The number of nitrogens with zero attached hydrogens (tertiary/aromatic N) is 6. The highest BCUT2D eigenvalue weighted by molar-refractivity contribution is 5.86. The zero-order valence-electron chi connectivity index (χ0n) is 28.3. The summed E-state index contributed by atoms with van der Waals surface area (Å²) < 4.78 is 77.2. The molecule has 0 fully saturated rings. The largest absolute Gasteiger partial charge is 0.398 e. The number of anilines is 4. The number of benzene rings is 2. The highest BCUT2D eigenvalue weighted by Gasteiger charge is 2.40. The lowest BCUT2D eigenvalue weighted by molar-refractivity contribution is -0.302. The maximum absolute atomic E-state index is 13.0. The van der Waals surface area contributed by atoms with Gasteiger partial charge in [0.2, 0.25) is 29.7 Å². The van der Waals surface area contributed by atoms with Crippen molar-refractivity contribution in [2.24, 2.45) is 0 Å². The van der Waals surface area contributed by atoms with E-state index >= 15 is 0 Å². The Morgan fingerprint density at radius 2 is 0.980 bits per heavy atom. The normalized spacial score (nSPS) is 13.5. The summed E-state index contributed by atoms with van der Waals surface area (Å²) in [6.07, 6.45) is -8.94. The number of alkyl halides is 6. The first-order valence-corrected chi connectivity index (χ1v) is 15.6. The summed E-state index contributed by atoms with van der Waals surface area (Å²) >= 11 is 3.98. The van der Waals surface area contributed by atoms with Crippen LogP contribution in [0.5, 0.6) is 0 Å². The number of nitrogens with one attached hydrogen (secondary N) is 3. The van der Waals surface area contributed by atoms with Crippen LogP contribution in [0.1, 0.15) is 88.2 Å². The van der Waals surface area contributed by atoms with E-state index in [1.807, 2.05) is 74.5 Å². The van der Waals surface area contributed by atoms with Crippen LogP contribution in [0, 0.1) is 11.6 Å². The lowest BCUT2D eigenvalue weighted by Gasteiger charge is -2.18. The van der Waals surface area contributed by atoms with Gasteiger partial charge in [-0.1, -0.05) is 60.7 Å². The number of rotatable bonds is 9. The van der Waals surface area contributed by atoms with Gasteiger partial charge in [-0.05, 0) is 38.8 Å². The van der Waals surface area contributed by atoms with Crippen LogP contribution in [0.25, 0.3) is 0 Å². The van der Waals surface area contributed by atoms with Crippen molar-refractivity contribution < 1.29 is 47.5 Å². The van der Waals surface area contributed by atoms with Crippen molar-refractivity contribution in [2.75, 3.05) is 21.7 Å². The van der Waals surface area contributed by atoms with Crippen molar-refractivity contribution >= 4 is 34.9 Å². The van der Waals surface area contributed by atoms with E-state index in [1.165, 1.54) is 13.8 Å². The molecular weight excluding hydrogens is 706 g/mol. The van der Waals surface area contributed by atoms with E-state index in [4.69, 9.17) is 5.73 Å². The summed E-state index contributed by atoms with van der Waals surface area (Å²) in [4.78, 5) is 43.2. The molecule has 4 unspecified atom stereocenters. The van der Waals surface area contributed by atoms with E-state index in [9.17, 15) is 35.9 Å². The molecule has 1 amide bonds. The van der Waals surface area contributed by atoms with Crippen molar-refractivity contribution in [3.63, 3.8) is 0 Å². The molecule has 0 aliphatic rings. The van der Waals surface area contributed by atoms with Gasteiger partial charge >= 0.3 is 17.6 Å². The summed E-state index contributed by atoms with van der Waals surface area (Å²) in [6.45, 7) is 8.17. The Kier molecular flexibility index (Phi) is 15.5. The third kappa shape index (κ3) is 14.7. The molecule has 12 nitrogen and oxygen atoms in total. The lowest BCUT2D eigenvalue weighted by Crippen LogP contribution is -2.23. The lowest BCUT2D eigenvalue weighted by atomic mass is 10.1. The number of carbonyl (C=O) groups is 2. The van der Waals surface area contributed by atoms with Crippen LogP contribution in [0.4, 0.5) is 50.1 Å². The Balaban J connectivity index is 0.000000322. The molecule has 0 aliphatic carbocycles. The Morgan fingerprint density at radius 3 is 1.35 bits per heavy atom. The molecule has 0 radical (unpaired) electrons. The molecule has 4 aromatic rings. The molecule has 2 aromatic heterocycles. The number of hydrogen-bond acceptors (Lipinski definition) is 11. The van der Waals surface area contributed by atoms with Gasteiger partial charge in [0.1, 0.15) is 23.5 Å². The van der Waals surface area contributed by atoms with Gasteiger partial charge < -0.3 is 16.4 Å². The van der Waals surface area contributed by atoms with Gasteiger partial charge in [-0.25, -0.2) is 4.79 Å². The number of carbonyl (C=O) groups excluding carboxylic acids is 2. The molecule has 276 valence electrons. The minimum atomic E-state index is -4.50. The average Bonchev–Trinajstić information content (AvgIpc) is 3.03. The molecule has 2 heterocycles. The van der Waals surface area contributed by atoms with Crippen LogP contribution in [-0.2, 0) is 9.59 Å². The number of amides is 1. The fraction of sp³-hybridized carbons (Fsp3) is 0.375. The van der Waals surface area contributed by atoms with E-state index < -0.39 is 41.7 Å². The summed E-state index contributed by atoms with van der Waals surface area (Å²) in [5, 5.41) is 7.92. The Hall–Kier alpha value is -5.13. The summed E-state index contributed by atoms with van der Waals surface area (Å²) in [7, 11) is 0. The van der Waals surface area contributed by atoms with E-state index in [2.05, 4.69) is 57.5 Å². The smallest absolute Gasteiger partial charge is 0.368 e. The Bertz CT molecular complexity index is 1710. The second kappa shape index (κ2) is 18.7. The predicted molar refractivity (Wildman–Crippen MR) is 176 cm³/mol. The van der Waals surface area contributed by atoms with Crippen LogP contribution < -0.4 is 21.7 Å². The van der Waals surface area contributed by atoms with Crippen molar-refractivity contribution in [1.82, 2.24) is 29.9 Å². The van der Waals surface area contributed by atoms with E-state index in [1.54, 1.807) is 0 Å². The van der Waals surface area contributed by atoms with Crippen LogP contribution in [0.15, 0.2) is 60.7 Å². The fourth-order valence-corrected chi connectivity index (χ4v) is 3.86. The molecule has 0 bridgehead atoms. The minimum absolute atomic E-state index is 0.0231. The third-order valence-electron chi connectivity index (χ3n) is 6.66. The Labute approximate surface area is 295 Å². The third-order valence-corrected chi connectivity index (χ3v) is 6.66. The van der Waals surface area contributed by atoms with Gasteiger partial charge in [-0.2, -0.15) is 56.2 Å². The maximum atomic E-state index is 13.0. The first kappa shape index (κ1) is 42.0. The number of nitrogens with two attached hydrogens (primary N) is 1. The molecule has 5 N–H and O–H groups in total. The van der Waals surface area contributed by atoms with Crippen molar-refractivity contribution in [2.45, 2.75) is 77.8 Å². The van der Waals surface area contributed by atoms with Gasteiger partial charge in [-0.3, -0.25) is 10.1 Å². The second-order valence-corrected chi connectivity index (χ2v) is 11.5. The average molecular weight is 744 g/mol. The molecule has 19 heteroatoms. The summed E-state index contributed by atoms with van der Waals surface area (Å²) in [6, 6.07) is 18.3. The minimum Gasteiger partial charge on any atom is -0.368 e. The molecular formula is C32H38ClF6N10O2+. The van der Waals surface area contributed by atoms with Gasteiger partial charge in [0.05, 0.1) is 19.0 Å². The van der Waals surface area contributed by atoms with Crippen molar-refractivity contribution in [3.8, 4) is 0 Å². The van der Waals surface area contributed by atoms with Crippen LogP contribution in [-0.4, -0.2) is 53.4 Å². The SMILES string of the molecule is CC(=O)Nc1nc(NC(C)c2ccccc2)nc(C(C)C(F)(F)F)n1.CC(=O)[ClH+].CC(Nc1nc(N)nc(C(C)C(F)(F)F)n1)c1ccccc1. The standard InChI is InChI=1S/C16H18F3N5O.C14H16F3N5.C2H4ClO/c1-9(16(17,18)19)13-22-14(24-15(23-13)21-11(3)25)20-10(2)12-7-5-4-6-8-12;1-8(14(15,16)17)11-20-12(18)22-13(21-11)19-9(2)10-6-4-3-5-7-10;1-2(3)4/h4-10H,1-3H3,(H2,20,21,22,23,24,25);3-9H,1-2H3,(H3,18,19,20,21,22);3H,1H3/q;;+1. The molecule has 4 atom stereocenters. The van der Waals surface area contributed by atoms with Gasteiger partial charge in [0.25, 0.3) is 0 Å². The monoisotopic (exact) mass is 743 g/mol. The fourth-order valence-electron chi connectivity index (χ4n) is 3.86. The van der Waals surface area contributed by atoms with Gasteiger partial charge in [-0.15, -0.1) is 0 Å². The van der Waals surface area contributed by atoms with Crippen molar-refractivity contribution in [1.29, 1.82) is 0 Å². The highest BCUT2D eigenvalue weighted by atomic mass is 35.5. The van der Waals surface area contributed by atoms with Crippen molar-refractivity contribution in [3.05, 3.63) is 83.4 Å². The molecule has 0 saturated heterocycles. The summed E-state index contributed by atoms with van der Waals surface area (Å²) in [5.41, 5.74) is 7.35. The molecule has 0 aliphatic heterocycles.